The number of hydrogen-bond donors (Lipinski definition) is 1. The summed E-state index contributed by atoms with van der Waals surface area (Å²) in [6, 6.07) is 4.43. The maximum Gasteiger partial charge on any atom is 0.201 e. The lowest BCUT2D eigenvalue weighted by Crippen LogP contribution is -2.15. The van der Waals surface area contributed by atoms with E-state index in [2.05, 4.69) is 9.55 Å². The molecule has 112 valence electrons. The molecule has 0 spiro atoms. The van der Waals surface area contributed by atoms with Crippen LogP contribution in [0.4, 0.5) is 5.95 Å². The number of fused-ring (bicyclic) bond motifs is 1. The molecule has 0 bridgehead atoms. The molecule has 0 saturated heterocycles. The van der Waals surface area contributed by atoms with Crippen molar-refractivity contribution in [3.8, 4) is 11.5 Å². The highest BCUT2D eigenvalue weighted by molar-refractivity contribution is 5.82. The molecule has 0 amide bonds. The van der Waals surface area contributed by atoms with Crippen LogP contribution in [0.2, 0.25) is 0 Å². The van der Waals surface area contributed by atoms with Gasteiger partial charge in [0.15, 0.2) is 11.5 Å². The third-order valence-corrected chi connectivity index (χ3v) is 4.73. The van der Waals surface area contributed by atoms with Crippen molar-refractivity contribution in [2.45, 2.75) is 31.7 Å². The number of hydrogen-bond acceptors (Lipinski definition) is 4. The van der Waals surface area contributed by atoms with Crippen LogP contribution in [-0.4, -0.2) is 23.8 Å². The Labute approximate surface area is 124 Å². The monoisotopic (exact) mass is 287 g/mol. The lowest BCUT2D eigenvalue weighted by atomic mass is 10.1. The van der Waals surface area contributed by atoms with Crippen molar-refractivity contribution in [1.29, 1.82) is 0 Å². The van der Waals surface area contributed by atoms with E-state index in [1.807, 2.05) is 12.1 Å². The number of nitrogens with two attached hydrogens (primary N) is 1. The Bertz CT molecular complexity index is 674. The molecule has 1 aromatic heterocycles. The molecule has 1 aromatic carbocycles. The zero-order chi connectivity index (χ0) is 14.6. The van der Waals surface area contributed by atoms with E-state index >= 15 is 0 Å². The van der Waals surface area contributed by atoms with Gasteiger partial charge in [-0.3, -0.25) is 0 Å². The third-order valence-electron chi connectivity index (χ3n) is 4.73. The number of nitrogen functional groups attached to an aromatic ring is 1. The van der Waals surface area contributed by atoms with Gasteiger partial charge >= 0.3 is 0 Å². The number of rotatable bonds is 5. The first-order valence-electron chi connectivity index (χ1n) is 7.62. The van der Waals surface area contributed by atoms with Gasteiger partial charge in [0, 0.05) is 18.2 Å². The summed E-state index contributed by atoms with van der Waals surface area (Å²) in [6.07, 6.45) is 5.25. The fourth-order valence-electron chi connectivity index (χ4n) is 3.44. The van der Waals surface area contributed by atoms with Crippen LogP contribution in [0.25, 0.3) is 11.0 Å². The zero-order valence-corrected chi connectivity index (χ0v) is 12.5. The minimum atomic E-state index is 0.508. The molecule has 1 heterocycles. The maximum absolute atomic E-state index is 6.24. The van der Waals surface area contributed by atoms with Crippen molar-refractivity contribution in [3.63, 3.8) is 0 Å². The van der Waals surface area contributed by atoms with Gasteiger partial charge in [-0.15, -0.1) is 0 Å². The quantitative estimate of drug-likeness (QED) is 0.918. The number of anilines is 1. The number of imidazole rings is 1. The molecule has 4 rings (SSSR count). The van der Waals surface area contributed by atoms with Gasteiger partial charge in [-0.25, -0.2) is 4.98 Å². The molecule has 2 aromatic rings. The predicted octanol–water partition coefficient (Wildman–Crippen LogP) is 3.00. The lowest BCUT2D eigenvalue weighted by molar-refractivity contribution is 0.355. The highest BCUT2D eigenvalue weighted by Gasteiger charge is 2.43. The summed E-state index contributed by atoms with van der Waals surface area (Å²) in [5, 5.41) is 0. The Balaban J connectivity index is 1.89. The topological polar surface area (TPSA) is 62.3 Å². The van der Waals surface area contributed by atoms with E-state index in [9.17, 15) is 0 Å². The molecule has 21 heavy (non-hydrogen) atoms. The summed E-state index contributed by atoms with van der Waals surface area (Å²) < 4.78 is 13.0. The summed E-state index contributed by atoms with van der Waals surface area (Å²) >= 11 is 0. The summed E-state index contributed by atoms with van der Waals surface area (Å²) in [5.74, 6) is 3.58. The van der Waals surface area contributed by atoms with Crippen molar-refractivity contribution in [1.82, 2.24) is 9.55 Å². The van der Waals surface area contributed by atoms with Crippen LogP contribution in [0.5, 0.6) is 11.5 Å². The van der Waals surface area contributed by atoms with Crippen LogP contribution in [0.15, 0.2) is 12.1 Å². The third kappa shape index (κ3) is 2.03. The Morgan fingerprint density at radius 1 is 1.10 bits per heavy atom. The van der Waals surface area contributed by atoms with Crippen molar-refractivity contribution in [2.24, 2.45) is 11.8 Å². The maximum atomic E-state index is 6.24. The van der Waals surface area contributed by atoms with E-state index in [4.69, 9.17) is 15.2 Å². The second-order valence-electron chi connectivity index (χ2n) is 6.20. The smallest absolute Gasteiger partial charge is 0.201 e. The number of benzene rings is 1. The van der Waals surface area contributed by atoms with E-state index in [1.165, 1.54) is 25.7 Å². The molecule has 0 atom stereocenters. The Kier molecular flexibility index (Phi) is 2.77. The normalized spacial score (nSPS) is 18.4. The molecule has 0 aliphatic heterocycles. The SMILES string of the molecule is COc1cc2nc(N)n(C(C3CC3)C3CC3)c2cc1OC. The van der Waals surface area contributed by atoms with Crippen LogP contribution in [0, 0.1) is 11.8 Å². The second kappa shape index (κ2) is 4.55. The lowest BCUT2D eigenvalue weighted by Gasteiger charge is -2.20. The molecule has 5 nitrogen and oxygen atoms in total. The van der Waals surface area contributed by atoms with Crippen LogP contribution in [-0.2, 0) is 0 Å². The van der Waals surface area contributed by atoms with Gasteiger partial charge in [0.05, 0.1) is 25.3 Å². The van der Waals surface area contributed by atoms with E-state index in [0.717, 1.165) is 28.6 Å². The minimum Gasteiger partial charge on any atom is -0.493 e. The molecular weight excluding hydrogens is 266 g/mol. The van der Waals surface area contributed by atoms with Crippen LogP contribution in [0.1, 0.15) is 31.7 Å². The van der Waals surface area contributed by atoms with E-state index in [0.29, 0.717) is 17.7 Å². The van der Waals surface area contributed by atoms with Gasteiger partial charge < -0.3 is 19.8 Å². The van der Waals surface area contributed by atoms with Crippen LogP contribution < -0.4 is 15.2 Å². The zero-order valence-electron chi connectivity index (χ0n) is 12.5. The van der Waals surface area contributed by atoms with Gasteiger partial charge in [-0.2, -0.15) is 0 Å². The minimum absolute atomic E-state index is 0.508. The first-order chi connectivity index (χ1) is 10.2. The van der Waals surface area contributed by atoms with E-state index < -0.39 is 0 Å². The highest BCUT2D eigenvalue weighted by Crippen LogP contribution is 2.53. The molecule has 2 fully saturated rings. The summed E-state index contributed by atoms with van der Waals surface area (Å²) in [7, 11) is 3.30. The standard InChI is InChI=1S/C16H21N3O2/c1-20-13-7-11-12(8-14(13)21-2)19(16(17)18-11)15(9-3-4-9)10-5-6-10/h7-10,15H,3-6H2,1-2H3,(H2,17,18). The van der Waals surface area contributed by atoms with Gasteiger partial charge in [0.2, 0.25) is 5.95 Å². The molecule has 2 aliphatic carbocycles. The fourth-order valence-corrected chi connectivity index (χ4v) is 3.44. The largest absolute Gasteiger partial charge is 0.493 e. The second-order valence-corrected chi connectivity index (χ2v) is 6.20. The average Bonchev–Trinajstić information content (AvgIpc) is 3.37. The first kappa shape index (κ1) is 12.8. The Hall–Kier alpha value is -1.91. The predicted molar refractivity (Wildman–Crippen MR) is 81.7 cm³/mol. The molecule has 0 radical (unpaired) electrons. The number of nitrogens with zero attached hydrogens (tertiary/aromatic N) is 2. The van der Waals surface area contributed by atoms with Crippen molar-refractivity contribution in [3.05, 3.63) is 12.1 Å². The van der Waals surface area contributed by atoms with Crippen molar-refractivity contribution >= 4 is 17.0 Å². The summed E-state index contributed by atoms with van der Waals surface area (Å²) in [6.45, 7) is 0. The van der Waals surface area contributed by atoms with Crippen LogP contribution in [0.3, 0.4) is 0 Å². The number of aromatic nitrogens is 2. The summed E-state index contributed by atoms with van der Waals surface area (Å²) in [4.78, 5) is 4.54. The van der Waals surface area contributed by atoms with Gasteiger partial charge in [-0.05, 0) is 37.5 Å². The Morgan fingerprint density at radius 3 is 2.19 bits per heavy atom. The molecular formula is C16H21N3O2. The van der Waals surface area contributed by atoms with Crippen molar-refractivity contribution < 1.29 is 9.47 Å². The van der Waals surface area contributed by atoms with Gasteiger partial charge in [0.25, 0.3) is 0 Å². The van der Waals surface area contributed by atoms with Gasteiger partial charge in [0.1, 0.15) is 0 Å². The first-order valence-corrected chi connectivity index (χ1v) is 7.62. The Morgan fingerprint density at radius 2 is 1.67 bits per heavy atom. The van der Waals surface area contributed by atoms with Gasteiger partial charge in [-0.1, -0.05) is 0 Å². The summed E-state index contributed by atoms with van der Waals surface area (Å²) in [5.41, 5.74) is 8.19. The molecule has 2 saturated carbocycles. The van der Waals surface area contributed by atoms with Crippen LogP contribution >= 0.6 is 0 Å². The highest BCUT2D eigenvalue weighted by atomic mass is 16.5. The number of methoxy groups -OCH3 is 2. The number of ether oxygens (including phenoxy) is 2. The molecule has 2 aliphatic rings. The fraction of sp³-hybridized carbons (Fsp3) is 0.562. The van der Waals surface area contributed by atoms with Crippen molar-refractivity contribution in [2.75, 3.05) is 20.0 Å². The van der Waals surface area contributed by atoms with E-state index in [-0.39, 0.29) is 0 Å². The molecule has 2 N–H and O–H groups in total. The molecule has 0 unspecified atom stereocenters. The van der Waals surface area contributed by atoms with E-state index in [1.54, 1.807) is 14.2 Å². The average molecular weight is 287 g/mol. The molecule has 5 heteroatoms.